The quantitative estimate of drug-likeness (QED) is 0.636. The number of nitrogens with two attached hydrogens (primary N) is 1. The lowest BCUT2D eigenvalue weighted by Crippen LogP contribution is -2.37. The van der Waals surface area contributed by atoms with Gasteiger partial charge in [-0.2, -0.15) is 0 Å². The molecule has 2 rings (SSSR count). The van der Waals surface area contributed by atoms with Gasteiger partial charge in [0.2, 0.25) is 0 Å². The molecule has 0 amide bonds. The van der Waals surface area contributed by atoms with Crippen LogP contribution in [0.15, 0.2) is 42.7 Å². The summed E-state index contributed by atoms with van der Waals surface area (Å²) in [5, 5.41) is 0.141. The van der Waals surface area contributed by atoms with Crippen molar-refractivity contribution in [1.29, 1.82) is 0 Å². The van der Waals surface area contributed by atoms with Gasteiger partial charge in [0, 0.05) is 18.4 Å². The third kappa shape index (κ3) is 4.27. The molecule has 0 spiro atoms. The van der Waals surface area contributed by atoms with Crippen molar-refractivity contribution in [2.75, 3.05) is 0 Å². The fourth-order valence-corrected chi connectivity index (χ4v) is 2.20. The molecule has 0 saturated carbocycles. The van der Waals surface area contributed by atoms with E-state index in [0.717, 1.165) is 18.4 Å². The Hall–Kier alpha value is -1.49. The number of nitrogens with one attached hydrogen (secondary N) is 1. The van der Waals surface area contributed by atoms with Crippen molar-refractivity contribution >= 4 is 11.6 Å². The summed E-state index contributed by atoms with van der Waals surface area (Å²) in [6.45, 7) is 0. The lowest BCUT2D eigenvalue weighted by molar-refractivity contribution is 0.490. The molecule has 1 aromatic carbocycles. The van der Waals surface area contributed by atoms with Crippen LogP contribution in [0, 0.1) is 5.82 Å². The minimum absolute atomic E-state index is 0.0868. The maximum atomic E-state index is 13.4. The Bertz CT molecular complexity index is 548. The van der Waals surface area contributed by atoms with Crippen molar-refractivity contribution in [2.24, 2.45) is 5.84 Å². The number of hydrogen-bond donors (Lipinski definition) is 2. The predicted octanol–water partition coefficient (Wildman–Crippen LogP) is 2.88. The molecule has 0 aliphatic carbocycles. The number of rotatable bonds is 6. The standard InChI is InChI=1S/C15H17ClFN3/c16-14-4-2-12(10-15(14)17)9-13(20-18)3-1-11-5-7-19-8-6-11/h2,4-8,10,13,20H,1,3,9,18H2. The normalized spacial score (nSPS) is 12.3. The SMILES string of the molecule is NNC(CCc1ccncc1)Cc1ccc(Cl)c(F)c1. The smallest absolute Gasteiger partial charge is 0.142 e. The van der Waals surface area contributed by atoms with E-state index < -0.39 is 5.82 Å². The van der Waals surface area contributed by atoms with Gasteiger partial charge in [-0.1, -0.05) is 17.7 Å². The molecule has 0 radical (unpaired) electrons. The van der Waals surface area contributed by atoms with E-state index in [2.05, 4.69) is 10.4 Å². The monoisotopic (exact) mass is 293 g/mol. The lowest BCUT2D eigenvalue weighted by Gasteiger charge is -2.16. The molecular formula is C15H17ClFN3. The highest BCUT2D eigenvalue weighted by Gasteiger charge is 2.10. The van der Waals surface area contributed by atoms with Crippen molar-refractivity contribution in [3.05, 3.63) is 64.7 Å². The molecule has 0 saturated heterocycles. The Morgan fingerprint density at radius 3 is 2.60 bits per heavy atom. The first-order valence-electron chi connectivity index (χ1n) is 6.48. The van der Waals surface area contributed by atoms with E-state index in [0.29, 0.717) is 6.42 Å². The Balaban J connectivity index is 1.93. The van der Waals surface area contributed by atoms with Gasteiger partial charge < -0.3 is 0 Å². The first kappa shape index (κ1) is 14.9. The molecule has 0 bridgehead atoms. The molecule has 3 nitrogen and oxygen atoms in total. The zero-order valence-corrected chi connectivity index (χ0v) is 11.8. The Labute approximate surface area is 122 Å². The van der Waals surface area contributed by atoms with Gasteiger partial charge in [-0.05, 0) is 54.7 Å². The van der Waals surface area contributed by atoms with E-state index in [4.69, 9.17) is 17.4 Å². The Morgan fingerprint density at radius 1 is 1.20 bits per heavy atom. The van der Waals surface area contributed by atoms with Gasteiger partial charge in [-0.15, -0.1) is 0 Å². The highest BCUT2D eigenvalue weighted by molar-refractivity contribution is 6.30. The average Bonchev–Trinajstić information content (AvgIpc) is 2.48. The molecular weight excluding hydrogens is 277 g/mol. The molecule has 20 heavy (non-hydrogen) atoms. The maximum absolute atomic E-state index is 13.4. The van der Waals surface area contributed by atoms with Crippen molar-refractivity contribution in [3.8, 4) is 0 Å². The van der Waals surface area contributed by atoms with E-state index in [9.17, 15) is 4.39 Å². The molecule has 0 aliphatic rings. The second-order valence-electron chi connectivity index (χ2n) is 4.71. The number of hydrazine groups is 1. The molecule has 1 unspecified atom stereocenters. The second-order valence-corrected chi connectivity index (χ2v) is 5.12. The topological polar surface area (TPSA) is 50.9 Å². The summed E-state index contributed by atoms with van der Waals surface area (Å²) in [4.78, 5) is 3.98. The molecule has 3 N–H and O–H groups in total. The van der Waals surface area contributed by atoms with Crippen LogP contribution in [0.1, 0.15) is 17.5 Å². The summed E-state index contributed by atoms with van der Waals surface area (Å²) in [7, 11) is 0. The molecule has 1 heterocycles. The fraction of sp³-hybridized carbons (Fsp3) is 0.267. The molecule has 1 atom stereocenters. The lowest BCUT2D eigenvalue weighted by atomic mass is 10.00. The van der Waals surface area contributed by atoms with Gasteiger partial charge in [-0.3, -0.25) is 16.3 Å². The summed E-state index contributed by atoms with van der Waals surface area (Å²) in [5.41, 5.74) is 4.87. The van der Waals surface area contributed by atoms with E-state index in [-0.39, 0.29) is 11.1 Å². The number of aryl methyl sites for hydroxylation is 1. The summed E-state index contributed by atoms with van der Waals surface area (Å²) >= 11 is 5.67. The number of hydrogen-bond acceptors (Lipinski definition) is 3. The van der Waals surface area contributed by atoms with Crippen LogP contribution in [0.4, 0.5) is 4.39 Å². The van der Waals surface area contributed by atoms with Crippen LogP contribution < -0.4 is 11.3 Å². The molecule has 2 aromatic rings. The second kappa shape index (κ2) is 7.33. The van der Waals surface area contributed by atoms with Crippen LogP contribution in [-0.4, -0.2) is 11.0 Å². The molecule has 0 aliphatic heterocycles. The van der Waals surface area contributed by atoms with Gasteiger partial charge in [0.1, 0.15) is 5.82 Å². The minimum Gasteiger partial charge on any atom is -0.271 e. The summed E-state index contributed by atoms with van der Waals surface area (Å²) in [6, 6.07) is 8.90. The molecule has 5 heteroatoms. The first-order valence-corrected chi connectivity index (χ1v) is 6.86. The zero-order valence-electron chi connectivity index (χ0n) is 11.0. The van der Waals surface area contributed by atoms with Crippen molar-refractivity contribution in [3.63, 3.8) is 0 Å². The van der Waals surface area contributed by atoms with Gasteiger partial charge in [0.25, 0.3) is 0 Å². The van der Waals surface area contributed by atoms with Crippen LogP contribution in [0.3, 0.4) is 0 Å². The number of nitrogens with zero attached hydrogens (tertiary/aromatic N) is 1. The van der Waals surface area contributed by atoms with Gasteiger partial charge in [-0.25, -0.2) is 4.39 Å². The Kier molecular flexibility index (Phi) is 5.47. The largest absolute Gasteiger partial charge is 0.271 e. The summed E-state index contributed by atoms with van der Waals surface area (Å²) < 4.78 is 13.4. The van der Waals surface area contributed by atoms with Crippen LogP contribution in [0.5, 0.6) is 0 Å². The minimum atomic E-state index is -0.394. The highest BCUT2D eigenvalue weighted by atomic mass is 35.5. The van der Waals surface area contributed by atoms with Crippen molar-refractivity contribution in [1.82, 2.24) is 10.4 Å². The number of halogens is 2. The van der Waals surface area contributed by atoms with E-state index >= 15 is 0 Å². The van der Waals surface area contributed by atoms with Gasteiger partial charge in [0.15, 0.2) is 0 Å². The van der Waals surface area contributed by atoms with Crippen molar-refractivity contribution < 1.29 is 4.39 Å². The highest BCUT2D eigenvalue weighted by Crippen LogP contribution is 2.17. The molecule has 1 aromatic heterocycles. The average molecular weight is 294 g/mol. The summed E-state index contributed by atoms with van der Waals surface area (Å²) in [6.07, 6.45) is 5.97. The van der Waals surface area contributed by atoms with Crippen LogP contribution in [-0.2, 0) is 12.8 Å². The number of benzene rings is 1. The molecule has 0 fully saturated rings. The number of pyridine rings is 1. The van der Waals surface area contributed by atoms with Gasteiger partial charge in [0.05, 0.1) is 5.02 Å². The third-order valence-electron chi connectivity index (χ3n) is 3.23. The first-order chi connectivity index (χ1) is 9.69. The van der Waals surface area contributed by atoms with Crippen LogP contribution >= 0.6 is 11.6 Å². The molecule has 106 valence electrons. The zero-order chi connectivity index (χ0) is 14.4. The Morgan fingerprint density at radius 2 is 1.95 bits per heavy atom. The van der Waals surface area contributed by atoms with E-state index in [1.807, 2.05) is 18.2 Å². The van der Waals surface area contributed by atoms with Gasteiger partial charge >= 0.3 is 0 Å². The maximum Gasteiger partial charge on any atom is 0.142 e. The third-order valence-corrected chi connectivity index (χ3v) is 3.54. The van der Waals surface area contributed by atoms with Crippen LogP contribution in [0.2, 0.25) is 5.02 Å². The number of aromatic nitrogens is 1. The van der Waals surface area contributed by atoms with E-state index in [1.54, 1.807) is 18.5 Å². The fourth-order valence-electron chi connectivity index (χ4n) is 2.09. The van der Waals surface area contributed by atoms with Crippen molar-refractivity contribution in [2.45, 2.75) is 25.3 Å². The van der Waals surface area contributed by atoms with Crippen LogP contribution in [0.25, 0.3) is 0 Å². The predicted molar refractivity (Wildman–Crippen MR) is 78.8 cm³/mol. The summed E-state index contributed by atoms with van der Waals surface area (Å²) in [5.74, 6) is 5.18. The van der Waals surface area contributed by atoms with E-state index in [1.165, 1.54) is 11.6 Å².